The van der Waals surface area contributed by atoms with Crippen molar-refractivity contribution in [3.05, 3.63) is 77.5 Å². The van der Waals surface area contributed by atoms with E-state index in [0.29, 0.717) is 5.76 Å². The normalized spacial score (nSPS) is 13.4. The molecule has 1 nitrogen and oxygen atoms in total. The van der Waals surface area contributed by atoms with Crippen LogP contribution in [0.25, 0.3) is 6.08 Å². The Morgan fingerprint density at radius 3 is 2.06 bits per heavy atom. The Hall–Kier alpha value is -2.02. The average Bonchev–Trinajstić information content (AvgIpc) is 2.40. The van der Waals surface area contributed by atoms with Gasteiger partial charge in [0.05, 0.1) is 5.76 Å². The maximum Gasteiger partial charge on any atom is 0.1000 e. The van der Waals surface area contributed by atoms with Crippen molar-refractivity contribution in [2.75, 3.05) is 0 Å². The highest BCUT2D eigenvalue weighted by Gasteiger charge is 2.09. The van der Waals surface area contributed by atoms with Crippen LogP contribution < -0.4 is 0 Å². The Bertz CT molecular complexity index is 485. The van der Waals surface area contributed by atoms with Gasteiger partial charge in [-0.1, -0.05) is 67.6 Å². The van der Waals surface area contributed by atoms with Crippen molar-refractivity contribution in [3.63, 3.8) is 0 Å². The second-order valence-corrected chi connectivity index (χ2v) is 4.11. The molecule has 0 fully saturated rings. The van der Waals surface area contributed by atoms with Gasteiger partial charge in [0.2, 0.25) is 0 Å². The highest BCUT2D eigenvalue weighted by molar-refractivity contribution is 5.52. The predicted octanol–water partition coefficient (Wildman–Crippen LogP) is 4.39. The number of allylic oxidation sites excluding steroid dienone is 1. The first-order valence-corrected chi connectivity index (χ1v) is 5.78. The lowest BCUT2D eigenvalue weighted by Gasteiger charge is -2.11. The molecule has 0 saturated heterocycles. The first-order chi connectivity index (χ1) is 8.27. The van der Waals surface area contributed by atoms with Crippen LogP contribution in [0, 0.1) is 0 Å². The molecule has 0 heterocycles. The van der Waals surface area contributed by atoms with E-state index in [1.807, 2.05) is 73.7 Å². The highest BCUT2D eigenvalue weighted by Crippen LogP contribution is 2.23. The van der Waals surface area contributed by atoms with Gasteiger partial charge in [0.1, 0.15) is 0 Å². The zero-order chi connectivity index (χ0) is 12.1. The minimum atomic E-state index is 0.0245. The Morgan fingerprint density at radius 2 is 1.47 bits per heavy atom. The lowest BCUT2D eigenvalue weighted by Crippen LogP contribution is -1.96. The second kappa shape index (κ2) is 5.35. The number of aliphatic hydroxyl groups excluding tert-OH is 1. The predicted molar refractivity (Wildman–Crippen MR) is 71.9 cm³/mol. The van der Waals surface area contributed by atoms with Crippen LogP contribution >= 0.6 is 0 Å². The minimum absolute atomic E-state index is 0.0245. The van der Waals surface area contributed by atoms with Gasteiger partial charge in [-0.15, -0.1) is 0 Å². The van der Waals surface area contributed by atoms with Crippen molar-refractivity contribution in [2.24, 2.45) is 0 Å². The molecule has 1 heteroatoms. The molecule has 17 heavy (non-hydrogen) atoms. The van der Waals surface area contributed by atoms with E-state index in [9.17, 15) is 5.11 Å². The van der Waals surface area contributed by atoms with Crippen LogP contribution in [0.3, 0.4) is 0 Å². The quantitative estimate of drug-likeness (QED) is 0.767. The van der Waals surface area contributed by atoms with Crippen molar-refractivity contribution in [3.8, 4) is 0 Å². The van der Waals surface area contributed by atoms with Gasteiger partial charge in [0, 0.05) is 5.92 Å². The molecule has 2 aromatic rings. The summed E-state index contributed by atoms with van der Waals surface area (Å²) in [5.74, 6) is 0.416. The molecule has 1 atom stereocenters. The third-order valence-corrected chi connectivity index (χ3v) is 2.86. The molecule has 0 radical (unpaired) electrons. The van der Waals surface area contributed by atoms with E-state index in [1.165, 1.54) is 0 Å². The largest absolute Gasteiger partial charge is 0.512 e. The van der Waals surface area contributed by atoms with Crippen LogP contribution in [-0.2, 0) is 0 Å². The molecule has 0 aliphatic rings. The highest BCUT2D eigenvalue weighted by atomic mass is 16.3. The van der Waals surface area contributed by atoms with E-state index >= 15 is 0 Å². The molecule has 2 aromatic carbocycles. The van der Waals surface area contributed by atoms with Gasteiger partial charge in [-0.25, -0.2) is 0 Å². The lowest BCUT2D eigenvalue weighted by molar-refractivity contribution is 0.380. The van der Waals surface area contributed by atoms with Crippen LogP contribution in [0.2, 0.25) is 0 Å². The van der Waals surface area contributed by atoms with Gasteiger partial charge < -0.3 is 5.11 Å². The Kier molecular flexibility index (Phi) is 3.61. The van der Waals surface area contributed by atoms with Crippen molar-refractivity contribution < 1.29 is 5.11 Å². The van der Waals surface area contributed by atoms with Gasteiger partial charge in [0.25, 0.3) is 0 Å². The molecule has 0 aromatic heterocycles. The van der Waals surface area contributed by atoms with Crippen LogP contribution in [-0.4, -0.2) is 5.11 Å². The summed E-state index contributed by atoms with van der Waals surface area (Å²) in [5.41, 5.74) is 2.14. The Labute approximate surface area is 102 Å². The summed E-state index contributed by atoms with van der Waals surface area (Å²) in [6.07, 6.45) is 1.82. The van der Waals surface area contributed by atoms with E-state index in [1.54, 1.807) is 0 Å². The van der Waals surface area contributed by atoms with E-state index < -0.39 is 0 Å². The van der Waals surface area contributed by atoms with Gasteiger partial charge in [-0.05, 0) is 17.2 Å². The summed E-state index contributed by atoms with van der Waals surface area (Å²) < 4.78 is 0. The fraction of sp³-hybridized carbons (Fsp3) is 0.125. The summed E-state index contributed by atoms with van der Waals surface area (Å²) in [4.78, 5) is 0. The maximum atomic E-state index is 10.1. The number of aliphatic hydroxyl groups is 1. The molecular formula is C16H16O. The van der Waals surface area contributed by atoms with Gasteiger partial charge in [0.15, 0.2) is 0 Å². The van der Waals surface area contributed by atoms with Crippen molar-refractivity contribution in [1.82, 2.24) is 0 Å². The maximum absolute atomic E-state index is 10.1. The molecule has 2 rings (SSSR count). The third-order valence-electron chi connectivity index (χ3n) is 2.86. The van der Waals surface area contributed by atoms with E-state index in [4.69, 9.17) is 0 Å². The van der Waals surface area contributed by atoms with E-state index in [-0.39, 0.29) is 5.92 Å². The fourth-order valence-electron chi connectivity index (χ4n) is 1.76. The first kappa shape index (κ1) is 11.5. The second-order valence-electron chi connectivity index (χ2n) is 4.11. The van der Waals surface area contributed by atoms with Crippen molar-refractivity contribution >= 4 is 6.08 Å². The first-order valence-electron chi connectivity index (χ1n) is 5.78. The molecule has 0 aliphatic carbocycles. The van der Waals surface area contributed by atoms with Crippen LogP contribution in [0.1, 0.15) is 24.0 Å². The molecule has 86 valence electrons. The van der Waals surface area contributed by atoms with Gasteiger partial charge in [-0.2, -0.15) is 0 Å². The molecule has 0 amide bonds. The Balaban J connectivity index is 2.21. The third kappa shape index (κ3) is 2.97. The molecule has 0 aliphatic heterocycles. The summed E-state index contributed by atoms with van der Waals surface area (Å²) in [6, 6.07) is 19.9. The van der Waals surface area contributed by atoms with E-state index in [0.717, 1.165) is 11.1 Å². The summed E-state index contributed by atoms with van der Waals surface area (Å²) in [5, 5.41) is 10.1. The van der Waals surface area contributed by atoms with Crippen LogP contribution in [0.5, 0.6) is 0 Å². The van der Waals surface area contributed by atoms with Gasteiger partial charge >= 0.3 is 0 Å². The molecule has 0 saturated carbocycles. The standard InChI is InChI=1S/C16H16O/c1-13(15-10-6-3-7-11-15)16(17)12-14-8-4-2-5-9-14/h2-13,17H,1H3. The molecule has 0 bridgehead atoms. The van der Waals surface area contributed by atoms with E-state index in [2.05, 4.69) is 0 Å². The number of benzene rings is 2. The monoisotopic (exact) mass is 224 g/mol. The summed E-state index contributed by atoms with van der Waals surface area (Å²) in [6.45, 7) is 2.00. The zero-order valence-electron chi connectivity index (χ0n) is 9.88. The topological polar surface area (TPSA) is 20.2 Å². The number of rotatable bonds is 3. The smallest absolute Gasteiger partial charge is 0.1000 e. The molecular weight excluding hydrogens is 208 g/mol. The van der Waals surface area contributed by atoms with Crippen molar-refractivity contribution in [1.29, 1.82) is 0 Å². The molecule has 0 spiro atoms. The fourth-order valence-corrected chi connectivity index (χ4v) is 1.76. The lowest BCUT2D eigenvalue weighted by atomic mass is 9.98. The van der Waals surface area contributed by atoms with Crippen molar-refractivity contribution in [2.45, 2.75) is 12.8 Å². The molecule has 1 unspecified atom stereocenters. The van der Waals surface area contributed by atoms with Crippen LogP contribution in [0.4, 0.5) is 0 Å². The minimum Gasteiger partial charge on any atom is -0.512 e. The van der Waals surface area contributed by atoms with Gasteiger partial charge in [-0.3, -0.25) is 0 Å². The van der Waals surface area contributed by atoms with Crippen LogP contribution in [0.15, 0.2) is 66.4 Å². The Morgan fingerprint density at radius 1 is 0.941 bits per heavy atom. The summed E-state index contributed by atoms with van der Waals surface area (Å²) in [7, 11) is 0. The molecule has 1 N–H and O–H groups in total. The average molecular weight is 224 g/mol. The zero-order valence-corrected chi connectivity index (χ0v) is 9.88. The number of hydrogen-bond acceptors (Lipinski definition) is 1. The SMILES string of the molecule is CC(C(O)=Cc1ccccc1)c1ccccc1. The number of hydrogen-bond donors (Lipinski definition) is 1. The summed E-state index contributed by atoms with van der Waals surface area (Å²) >= 11 is 0.